The van der Waals surface area contributed by atoms with Crippen LogP contribution in [0.2, 0.25) is 0 Å². The molecule has 0 radical (unpaired) electrons. The summed E-state index contributed by atoms with van der Waals surface area (Å²) < 4.78 is 16.0. The lowest BCUT2D eigenvalue weighted by Gasteiger charge is -2.32. The summed E-state index contributed by atoms with van der Waals surface area (Å²) in [6, 6.07) is 4.96. The third kappa shape index (κ3) is 7.76. The molecule has 182 valence electrons. The van der Waals surface area contributed by atoms with E-state index in [1.165, 1.54) is 18.9 Å². The molecular weight excluding hydrogens is 428 g/mol. The maximum Gasteiger partial charge on any atom is 0.310 e. The molecule has 9 nitrogen and oxygen atoms in total. The van der Waals surface area contributed by atoms with Gasteiger partial charge in [0.05, 0.1) is 32.8 Å². The molecule has 9 heteroatoms. The van der Waals surface area contributed by atoms with Crippen LogP contribution < -0.4 is 9.47 Å². The van der Waals surface area contributed by atoms with E-state index in [-0.39, 0.29) is 49.1 Å². The fourth-order valence-corrected chi connectivity index (χ4v) is 3.65. The molecular formula is C24H34N2O7. The van der Waals surface area contributed by atoms with Crippen molar-refractivity contribution in [3.63, 3.8) is 0 Å². The third-order valence-electron chi connectivity index (χ3n) is 5.55. The van der Waals surface area contributed by atoms with Gasteiger partial charge in [-0.25, -0.2) is 0 Å². The summed E-state index contributed by atoms with van der Waals surface area (Å²) in [6.45, 7) is 4.72. The number of carbonyl (C=O) groups is 4. The van der Waals surface area contributed by atoms with Crippen molar-refractivity contribution in [3.8, 4) is 11.5 Å². The number of amides is 2. The second-order valence-corrected chi connectivity index (χ2v) is 8.05. The van der Waals surface area contributed by atoms with Gasteiger partial charge in [-0.1, -0.05) is 0 Å². The first kappa shape index (κ1) is 26.2. The molecule has 1 fully saturated rings. The number of methoxy groups -OCH3 is 1. The van der Waals surface area contributed by atoms with Crippen LogP contribution in [0, 0.1) is 5.92 Å². The predicted octanol–water partition coefficient (Wildman–Crippen LogP) is 2.32. The lowest BCUT2D eigenvalue weighted by atomic mass is 9.98. The highest BCUT2D eigenvalue weighted by Gasteiger charge is 2.30. The zero-order valence-corrected chi connectivity index (χ0v) is 19.9. The molecule has 0 saturated carbocycles. The minimum absolute atomic E-state index is 0.0322. The normalized spacial score (nSPS) is 15.5. The van der Waals surface area contributed by atoms with Crippen LogP contribution in [-0.2, 0) is 19.1 Å². The summed E-state index contributed by atoms with van der Waals surface area (Å²) in [4.78, 5) is 51.5. The summed E-state index contributed by atoms with van der Waals surface area (Å²) >= 11 is 0. The Morgan fingerprint density at radius 3 is 2.61 bits per heavy atom. The molecule has 1 aliphatic rings. The Hall–Kier alpha value is -3.10. The molecule has 0 aliphatic carbocycles. The molecule has 1 aromatic carbocycles. The van der Waals surface area contributed by atoms with Gasteiger partial charge in [0.2, 0.25) is 11.8 Å². The number of likely N-dealkylation sites (N-methyl/N-ethyl adjacent to an activating group) is 1. The molecule has 2 amide bonds. The van der Waals surface area contributed by atoms with Crippen LogP contribution in [-0.4, -0.2) is 80.4 Å². The number of rotatable bonds is 11. The molecule has 0 spiro atoms. The number of carbonyl (C=O) groups excluding carboxylic acids is 4. The van der Waals surface area contributed by atoms with Gasteiger partial charge in [-0.05, 0) is 51.3 Å². The summed E-state index contributed by atoms with van der Waals surface area (Å²) in [5.74, 6) is -0.0198. The first-order valence-electron chi connectivity index (χ1n) is 11.3. The maximum absolute atomic E-state index is 12.6. The molecule has 1 atom stereocenters. The Kier molecular flexibility index (Phi) is 10.2. The van der Waals surface area contributed by atoms with E-state index < -0.39 is 0 Å². The monoisotopic (exact) mass is 462 g/mol. The number of benzene rings is 1. The molecule has 0 N–H and O–H groups in total. The Balaban J connectivity index is 1.76. The highest BCUT2D eigenvalue weighted by Crippen LogP contribution is 2.28. The summed E-state index contributed by atoms with van der Waals surface area (Å²) in [6.07, 6.45) is 2.13. The van der Waals surface area contributed by atoms with Crippen LogP contribution in [0.4, 0.5) is 0 Å². The van der Waals surface area contributed by atoms with E-state index in [0.29, 0.717) is 49.6 Å². The number of nitrogens with zero attached hydrogens (tertiary/aromatic N) is 2. The molecule has 1 saturated heterocycles. The molecule has 0 bridgehead atoms. The maximum atomic E-state index is 12.6. The molecule has 0 aromatic heterocycles. The van der Waals surface area contributed by atoms with Crippen molar-refractivity contribution in [1.82, 2.24) is 9.80 Å². The van der Waals surface area contributed by atoms with Crippen molar-refractivity contribution in [2.24, 2.45) is 5.92 Å². The van der Waals surface area contributed by atoms with Crippen LogP contribution in [0.15, 0.2) is 18.2 Å². The van der Waals surface area contributed by atoms with E-state index in [2.05, 4.69) is 0 Å². The quantitative estimate of drug-likeness (QED) is 0.282. The van der Waals surface area contributed by atoms with Gasteiger partial charge in [-0.2, -0.15) is 0 Å². The number of Topliss-reactive ketones (excluding diaryl/α,β-unsaturated/α-hetero) is 1. The molecule has 1 unspecified atom stereocenters. The highest BCUT2D eigenvalue weighted by atomic mass is 16.5. The average molecular weight is 463 g/mol. The minimum atomic E-state index is -0.303. The van der Waals surface area contributed by atoms with E-state index in [1.807, 2.05) is 0 Å². The lowest BCUT2D eigenvalue weighted by molar-refractivity contribution is -0.152. The van der Waals surface area contributed by atoms with Crippen molar-refractivity contribution in [2.45, 2.75) is 39.5 Å². The van der Waals surface area contributed by atoms with E-state index in [9.17, 15) is 19.2 Å². The van der Waals surface area contributed by atoms with Gasteiger partial charge in [0.15, 0.2) is 17.3 Å². The van der Waals surface area contributed by atoms with Gasteiger partial charge < -0.3 is 24.0 Å². The number of ether oxygens (including phenoxy) is 3. The Bertz CT molecular complexity index is 855. The second kappa shape index (κ2) is 12.8. The summed E-state index contributed by atoms with van der Waals surface area (Å²) in [5.41, 5.74) is 0.531. The van der Waals surface area contributed by atoms with Gasteiger partial charge in [0, 0.05) is 32.1 Å². The standard InChI is InChI=1S/C24H34N2O7/c1-5-32-24(30)19-8-6-12-26(15-19)23(29)16-25(3)22(28)9-7-13-33-20-11-10-18(17(2)27)14-21(20)31-4/h10-11,14,19H,5-9,12-13,15-16H2,1-4H3. The second-order valence-electron chi connectivity index (χ2n) is 8.05. The first-order valence-corrected chi connectivity index (χ1v) is 11.3. The summed E-state index contributed by atoms with van der Waals surface area (Å²) in [7, 11) is 3.09. The first-order chi connectivity index (χ1) is 15.8. The predicted molar refractivity (Wildman–Crippen MR) is 121 cm³/mol. The Labute approximate surface area is 195 Å². The van der Waals surface area contributed by atoms with Gasteiger partial charge in [0.25, 0.3) is 0 Å². The Morgan fingerprint density at radius 1 is 1.18 bits per heavy atom. The number of esters is 1. The van der Waals surface area contributed by atoms with Crippen LogP contribution >= 0.6 is 0 Å². The van der Waals surface area contributed by atoms with Crippen molar-refractivity contribution in [1.29, 1.82) is 0 Å². The lowest BCUT2D eigenvalue weighted by Crippen LogP contribution is -2.47. The van der Waals surface area contributed by atoms with Crippen LogP contribution in [0.5, 0.6) is 11.5 Å². The van der Waals surface area contributed by atoms with E-state index >= 15 is 0 Å². The van der Waals surface area contributed by atoms with Crippen molar-refractivity contribution in [3.05, 3.63) is 23.8 Å². The number of ketones is 1. The minimum Gasteiger partial charge on any atom is -0.493 e. The number of hydrogen-bond donors (Lipinski definition) is 0. The highest BCUT2D eigenvalue weighted by molar-refractivity contribution is 5.94. The van der Waals surface area contributed by atoms with E-state index in [1.54, 1.807) is 37.1 Å². The molecule has 1 aliphatic heterocycles. The fourth-order valence-electron chi connectivity index (χ4n) is 3.65. The largest absolute Gasteiger partial charge is 0.493 e. The molecule has 2 rings (SSSR count). The van der Waals surface area contributed by atoms with Crippen molar-refractivity contribution in [2.75, 3.05) is 47.0 Å². The SMILES string of the molecule is CCOC(=O)C1CCCN(C(=O)CN(C)C(=O)CCCOc2ccc(C(C)=O)cc2OC)C1. The number of hydrogen-bond acceptors (Lipinski definition) is 7. The Morgan fingerprint density at radius 2 is 1.94 bits per heavy atom. The zero-order valence-electron chi connectivity index (χ0n) is 19.9. The van der Waals surface area contributed by atoms with Crippen molar-refractivity contribution >= 4 is 23.6 Å². The molecule has 33 heavy (non-hydrogen) atoms. The van der Waals surface area contributed by atoms with Crippen molar-refractivity contribution < 1.29 is 33.4 Å². The van der Waals surface area contributed by atoms with Gasteiger partial charge in [0.1, 0.15) is 0 Å². The summed E-state index contributed by atoms with van der Waals surface area (Å²) in [5, 5.41) is 0. The zero-order chi connectivity index (χ0) is 24.4. The average Bonchev–Trinajstić information content (AvgIpc) is 2.81. The topological polar surface area (TPSA) is 102 Å². The van der Waals surface area contributed by atoms with E-state index in [0.717, 1.165) is 6.42 Å². The smallest absolute Gasteiger partial charge is 0.310 e. The van der Waals surface area contributed by atoms with Gasteiger partial charge >= 0.3 is 5.97 Å². The third-order valence-corrected chi connectivity index (χ3v) is 5.55. The van der Waals surface area contributed by atoms with Crippen LogP contribution in [0.1, 0.15) is 49.9 Å². The van der Waals surface area contributed by atoms with Gasteiger partial charge in [-0.15, -0.1) is 0 Å². The molecule has 1 aromatic rings. The number of piperidine rings is 1. The van der Waals surface area contributed by atoms with Crippen LogP contribution in [0.3, 0.4) is 0 Å². The molecule has 1 heterocycles. The number of likely N-dealkylation sites (tertiary alicyclic amines) is 1. The van der Waals surface area contributed by atoms with E-state index in [4.69, 9.17) is 14.2 Å². The van der Waals surface area contributed by atoms with Gasteiger partial charge in [-0.3, -0.25) is 19.2 Å². The van der Waals surface area contributed by atoms with Crippen LogP contribution in [0.25, 0.3) is 0 Å². The fraction of sp³-hybridized carbons (Fsp3) is 0.583.